The molecule has 4 nitrogen and oxygen atoms in total. The largest absolute Gasteiger partial charge is 0.480 e. The summed E-state index contributed by atoms with van der Waals surface area (Å²) in [7, 11) is 0. The van der Waals surface area contributed by atoms with Crippen molar-refractivity contribution in [3.63, 3.8) is 0 Å². The third-order valence-electron chi connectivity index (χ3n) is 2.60. The number of halogens is 1. The molecule has 0 aromatic heterocycles. The molecule has 1 aromatic carbocycles. The zero-order valence-electron chi connectivity index (χ0n) is 11.6. The highest BCUT2D eigenvalue weighted by atomic mass is 32.2. The fourth-order valence-electron chi connectivity index (χ4n) is 1.53. The van der Waals surface area contributed by atoms with Gasteiger partial charge in [-0.05, 0) is 29.7 Å². The number of carboxylic acids is 1. The Morgan fingerprint density at radius 1 is 1.30 bits per heavy atom. The van der Waals surface area contributed by atoms with Gasteiger partial charge in [-0.1, -0.05) is 20.8 Å². The molecule has 1 amide bonds. The van der Waals surface area contributed by atoms with Crippen molar-refractivity contribution < 1.29 is 19.1 Å². The molecule has 6 heteroatoms. The highest BCUT2D eigenvalue weighted by Crippen LogP contribution is 2.21. The van der Waals surface area contributed by atoms with E-state index in [0.29, 0.717) is 0 Å². The Kier molecular flexibility index (Phi) is 5.56. The molecule has 0 heterocycles. The summed E-state index contributed by atoms with van der Waals surface area (Å²) >= 11 is 1.23. The fraction of sp³-hybridized carbons (Fsp3) is 0.429. The zero-order valence-corrected chi connectivity index (χ0v) is 12.5. The number of amides is 1. The van der Waals surface area contributed by atoms with Crippen LogP contribution in [0.25, 0.3) is 0 Å². The van der Waals surface area contributed by atoms with Gasteiger partial charge in [-0.3, -0.25) is 4.79 Å². The topological polar surface area (TPSA) is 66.4 Å². The van der Waals surface area contributed by atoms with Crippen LogP contribution >= 0.6 is 11.8 Å². The van der Waals surface area contributed by atoms with Gasteiger partial charge in [0.25, 0.3) is 0 Å². The van der Waals surface area contributed by atoms with Gasteiger partial charge in [-0.2, -0.15) is 0 Å². The van der Waals surface area contributed by atoms with Crippen LogP contribution in [0.1, 0.15) is 20.8 Å². The first-order valence-electron chi connectivity index (χ1n) is 6.10. The number of hydrogen-bond acceptors (Lipinski definition) is 3. The molecule has 0 spiro atoms. The molecule has 0 aliphatic rings. The van der Waals surface area contributed by atoms with Crippen LogP contribution in [0.3, 0.4) is 0 Å². The van der Waals surface area contributed by atoms with Crippen LogP contribution in [0.5, 0.6) is 0 Å². The molecule has 1 rings (SSSR count). The average molecular weight is 299 g/mol. The van der Waals surface area contributed by atoms with E-state index in [9.17, 15) is 14.0 Å². The lowest BCUT2D eigenvalue weighted by molar-refractivity contribution is -0.144. The van der Waals surface area contributed by atoms with Crippen molar-refractivity contribution in [1.29, 1.82) is 0 Å². The van der Waals surface area contributed by atoms with Crippen molar-refractivity contribution >= 4 is 23.6 Å². The van der Waals surface area contributed by atoms with E-state index in [4.69, 9.17) is 5.11 Å². The smallest absolute Gasteiger partial charge is 0.326 e. The first-order valence-corrected chi connectivity index (χ1v) is 7.09. The lowest BCUT2D eigenvalue weighted by Gasteiger charge is -2.27. The summed E-state index contributed by atoms with van der Waals surface area (Å²) in [5, 5.41) is 11.6. The summed E-state index contributed by atoms with van der Waals surface area (Å²) in [6.07, 6.45) is 0. The van der Waals surface area contributed by atoms with Crippen LogP contribution < -0.4 is 5.32 Å². The normalized spacial score (nSPS) is 12.8. The minimum absolute atomic E-state index is 0.0888. The molecule has 0 saturated heterocycles. The Hall–Kier alpha value is -1.56. The van der Waals surface area contributed by atoms with Crippen LogP contribution in [0.15, 0.2) is 29.2 Å². The van der Waals surface area contributed by atoms with Crippen molar-refractivity contribution in [3.8, 4) is 0 Å². The first kappa shape index (κ1) is 16.5. The van der Waals surface area contributed by atoms with Gasteiger partial charge in [-0.25, -0.2) is 9.18 Å². The summed E-state index contributed by atoms with van der Waals surface area (Å²) in [4.78, 5) is 23.7. The Bertz CT molecular complexity index is 482. The van der Waals surface area contributed by atoms with Gasteiger partial charge in [0.1, 0.15) is 11.9 Å². The Balaban J connectivity index is 2.54. The minimum Gasteiger partial charge on any atom is -0.480 e. The molecule has 1 atom stereocenters. The van der Waals surface area contributed by atoms with Crippen molar-refractivity contribution in [2.45, 2.75) is 31.7 Å². The van der Waals surface area contributed by atoms with Crippen molar-refractivity contribution in [2.24, 2.45) is 5.41 Å². The van der Waals surface area contributed by atoms with E-state index in [1.54, 1.807) is 32.9 Å². The summed E-state index contributed by atoms with van der Waals surface area (Å²) < 4.78 is 12.7. The predicted molar refractivity (Wildman–Crippen MR) is 76.1 cm³/mol. The molecule has 0 unspecified atom stereocenters. The van der Waals surface area contributed by atoms with Crippen molar-refractivity contribution in [2.75, 3.05) is 5.75 Å². The Morgan fingerprint density at radius 2 is 1.85 bits per heavy atom. The van der Waals surface area contributed by atoms with Gasteiger partial charge >= 0.3 is 5.97 Å². The Labute approximate surface area is 121 Å². The molecule has 0 aliphatic heterocycles. The SMILES string of the molecule is CC(C)(C)[C@H](NC(=O)CSc1ccc(F)cc1)C(=O)O. The number of carbonyl (C=O) groups is 2. The summed E-state index contributed by atoms with van der Waals surface area (Å²) in [5.41, 5.74) is -0.567. The number of carboxylic acid groups (broad SMARTS) is 1. The molecule has 0 aliphatic carbocycles. The molecular weight excluding hydrogens is 281 g/mol. The fourth-order valence-corrected chi connectivity index (χ4v) is 2.24. The van der Waals surface area contributed by atoms with Crippen molar-refractivity contribution in [3.05, 3.63) is 30.1 Å². The van der Waals surface area contributed by atoms with Gasteiger partial charge in [-0.15, -0.1) is 11.8 Å². The second-order valence-corrected chi connectivity index (χ2v) is 6.50. The second kappa shape index (κ2) is 6.74. The van der Waals surface area contributed by atoms with E-state index in [0.717, 1.165) is 4.90 Å². The second-order valence-electron chi connectivity index (χ2n) is 5.45. The van der Waals surface area contributed by atoms with Crippen molar-refractivity contribution in [1.82, 2.24) is 5.32 Å². The maximum absolute atomic E-state index is 12.7. The van der Waals surface area contributed by atoms with E-state index in [1.165, 1.54) is 23.9 Å². The number of hydrogen-bond donors (Lipinski definition) is 2. The molecule has 110 valence electrons. The number of aliphatic carboxylic acids is 1. The minimum atomic E-state index is -1.06. The van der Waals surface area contributed by atoms with Gasteiger partial charge < -0.3 is 10.4 Å². The van der Waals surface area contributed by atoms with Crippen LogP contribution in [0, 0.1) is 11.2 Å². The van der Waals surface area contributed by atoms with Gasteiger partial charge in [0.05, 0.1) is 5.75 Å². The van der Waals surface area contributed by atoms with Gasteiger partial charge in [0, 0.05) is 4.90 Å². The molecular formula is C14H18FNO3S. The molecule has 0 fully saturated rings. The third-order valence-corrected chi connectivity index (χ3v) is 3.61. The molecule has 2 N–H and O–H groups in total. The van der Waals surface area contributed by atoms with Crippen LogP contribution in [0.2, 0.25) is 0 Å². The summed E-state index contributed by atoms with van der Waals surface area (Å²) in [6, 6.07) is 4.84. The molecule has 0 saturated carbocycles. The monoisotopic (exact) mass is 299 g/mol. The van der Waals surface area contributed by atoms with Gasteiger partial charge in [0.2, 0.25) is 5.91 Å². The van der Waals surface area contributed by atoms with Crippen LogP contribution in [-0.4, -0.2) is 28.8 Å². The number of thioether (sulfide) groups is 1. The Morgan fingerprint density at radius 3 is 2.30 bits per heavy atom. The maximum atomic E-state index is 12.7. The zero-order chi connectivity index (χ0) is 15.3. The number of benzene rings is 1. The highest BCUT2D eigenvalue weighted by molar-refractivity contribution is 8.00. The summed E-state index contributed by atoms with van der Waals surface area (Å²) in [6.45, 7) is 5.25. The van der Waals surface area contributed by atoms with E-state index < -0.39 is 17.4 Å². The molecule has 0 radical (unpaired) electrons. The van der Waals surface area contributed by atoms with Crippen LogP contribution in [-0.2, 0) is 9.59 Å². The first-order chi connectivity index (χ1) is 9.20. The summed E-state index contributed by atoms with van der Waals surface area (Å²) in [5.74, 6) is -1.66. The van der Waals surface area contributed by atoms with E-state index >= 15 is 0 Å². The van der Waals surface area contributed by atoms with E-state index in [-0.39, 0.29) is 17.5 Å². The number of nitrogens with one attached hydrogen (secondary N) is 1. The maximum Gasteiger partial charge on any atom is 0.326 e. The standard InChI is InChI=1S/C14H18FNO3S/c1-14(2,3)12(13(18)19)16-11(17)8-20-10-6-4-9(15)5-7-10/h4-7,12H,8H2,1-3H3,(H,16,17)(H,18,19)/t12-/m1/s1. The van der Waals surface area contributed by atoms with E-state index in [2.05, 4.69) is 5.32 Å². The number of carbonyl (C=O) groups excluding carboxylic acids is 1. The van der Waals surface area contributed by atoms with Crippen LogP contribution in [0.4, 0.5) is 4.39 Å². The molecule has 20 heavy (non-hydrogen) atoms. The highest BCUT2D eigenvalue weighted by Gasteiger charge is 2.32. The number of rotatable bonds is 5. The molecule has 0 bridgehead atoms. The predicted octanol–water partition coefficient (Wildman–Crippen LogP) is 2.53. The quantitative estimate of drug-likeness (QED) is 0.820. The van der Waals surface area contributed by atoms with E-state index in [1.807, 2.05) is 0 Å². The average Bonchev–Trinajstić information content (AvgIpc) is 2.33. The lowest BCUT2D eigenvalue weighted by Crippen LogP contribution is -2.49. The third kappa shape index (κ3) is 5.21. The lowest BCUT2D eigenvalue weighted by atomic mass is 9.87. The molecule has 1 aromatic rings. The van der Waals surface area contributed by atoms with Gasteiger partial charge in [0.15, 0.2) is 0 Å².